The second kappa shape index (κ2) is 8.37. The van der Waals surface area contributed by atoms with Gasteiger partial charge in [0.25, 0.3) is 0 Å². The molecule has 2 aromatic carbocycles. The fourth-order valence-electron chi connectivity index (χ4n) is 2.24. The van der Waals surface area contributed by atoms with E-state index in [9.17, 15) is 13.2 Å². The van der Waals surface area contributed by atoms with E-state index in [2.05, 4.69) is 5.32 Å². The lowest BCUT2D eigenvalue weighted by molar-refractivity contribution is -0.120. The zero-order valence-electron chi connectivity index (χ0n) is 14.2. The number of carbonyl (C=O) groups is 1. The Labute approximate surface area is 162 Å². The Kier molecular flexibility index (Phi) is 6.65. The fourth-order valence-corrected chi connectivity index (χ4v) is 3.07. The van der Waals surface area contributed by atoms with Crippen molar-refractivity contribution < 1.29 is 13.2 Å². The van der Waals surface area contributed by atoms with Crippen LogP contribution in [-0.4, -0.2) is 32.3 Å². The summed E-state index contributed by atoms with van der Waals surface area (Å²) in [5.41, 5.74) is 1.41. The fraction of sp³-hybridized carbons (Fsp3) is 0.235. The first-order chi connectivity index (χ1) is 12.1. The highest BCUT2D eigenvalue weighted by Gasteiger charge is 2.19. The van der Waals surface area contributed by atoms with Crippen LogP contribution in [0.5, 0.6) is 0 Å². The summed E-state index contributed by atoms with van der Waals surface area (Å²) < 4.78 is 22.5. The third-order valence-electron chi connectivity index (χ3n) is 3.91. The quantitative estimate of drug-likeness (QED) is 0.757. The van der Waals surface area contributed by atoms with Crippen LogP contribution in [0.1, 0.15) is 12.5 Å². The van der Waals surface area contributed by atoms with E-state index in [0.717, 1.165) is 5.56 Å². The van der Waals surface area contributed by atoms with Crippen molar-refractivity contribution in [2.24, 2.45) is 5.14 Å². The number of nitrogens with one attached hydrogen (secondary N) is 1. The van der Waals surface area contributed by atoms with Gasteiger partial charge in [-0.2, -0.15) is 0 Å². The van der Waals surface area contributed by atoms with Gasteiger partial charge in [-0.1, -0.05) is 29.3 Å². The predicted octanol–water partition coefficient (Wildman–Crippen LogP) is 3.10. The summed E-state index contributed by atoms with van der Waals surface area (Å²) in [4.78, 5) is 14.2. The Balaban J connectivity index is 2.00. The topological polar surface area (TPSA) is 92.5 Å². The summed E-state index contributed by atoms with van der Waals surface area (Å²) in [5.74, 6) is -0.226. The van der Waals surface area contributed by atoms with E-state index in [-0.39, 0.29) is 10.8 Å². The van der Waals surface area contributed by atoms with Gasteiger partial charge in [0, 0.05) is 12.2 Å². The molecular formula is C17H19Cl2N3O3S. The van der Waals surface area contributed by atoms with Gasteiger partial charge in [0.2, 0.25) is 15.9 Å². The molecule has 0 aliphatic heterocycles. The van der Waals surface area contributed by atoms with Crippen molar-refractivity contribution in [1.29, 1.82) is 0 Å². The number of benzene rings is 2. The normalized spacial score (nSPS) is 12.8. The van der Waals surface area contributed by atoms with Crippen molar-refractivity contribution in [2.75, 3.05) is 12.4 Å². The first-order valence-corrected chi connectivity index (χ1v) is 9.96. The molecule has 0 aliphatic carbocycles. The molecule has 0 heterocycles. The second-order valence-electron chi connectivity index (χ2n) is 5.90. The number of likely N-dealkylation sites (N-methyl/N-ethyl adjacent to an activating group) is 1. The van der Waals surface area contributed by atoms with E-state index in [1.807, 2.05) is 18.0 Å². The van der Waals surface area contributed by atoms with Crippen LogP contribution < -0.4 is 10.5 Å². The standard InChI is InChI=1S/C17H19Cl2N3O3S/c1-11(22(2)10-12-3-8-15(18)16(19)9-12)17(23)21-13-4-6-14(7-5-13)26(20,24)25/h3-9,11H,10H2,1-2H3,(H,21,23)(H2,20,24,25)/t11-/m0/s1. The molecule has 1 amide bonds. The highest BCUT2D eigenvalue weighted by atomic mass is 35.5. The Bertz CT molecular complexity index is 902. The van der Waals surface area contributed by atoms with Crippen molar-refractivity contribution in [3.8, 4) is 0 Å². The minimum Gasteiger partial charge on any atom is -0.325 e. The molecule has 0 spiro atoms. The molecule has 0 radical (unpaired) electrons. The number of hydrogen-bond acceptors (Lipinski definition) is 4. The molecule has 0 aromatic heterocycles. The SMILES string of the molecule is C[C@@H](C(=O)Nc1ccc(S(N)(=O)=O)cc1)N(C)Cc1ccc(Cl)c(Cl)c1. The molecule has 0 aliphatic rings. The number of primary sulfonamides is 1. The number of halogens is 2. The lowest BCUT2D eigenvalue weighted by Crippen LogP contribution is -2.39. The van der Waals surface area contributed by atoms with Crippen LogP contribution in [0.2, 0.25) is 10.0 Å². The Morgan fingerprint density at radius 3 is 2.31 bits per heavy atom. The van der Waals surface area contributed by atoms with Gasteiger partial charge in [0.1, 0.15) is 0 Å². The maximum Gasteiger partial charge on any atom is 0.241 e. The van der Waals surface area contributed by atoms with E-state index >= 15 is 0 Å². The maximum absolute atomic E-state index is 12.4. The zero-order chi connectivity index (χ0) is 19.5. The molecular weight excluding hydrogens is 397 g/mol. The van der Waals surface area contributed by atoms with Gasteiger partial charge in [0.15, 0.2) is 0 Å². The monoisotopic (exact) mass is 415 g/mol. The number of amides is 1. The Morgan fingerprint density at radius 2 is 1.77 bits per heavy atom. The van der Waals surface area contributed by atoms with Crippen LogP contribution in [-0.2, 0) is 21.4 Å². The van der Waals surface area contributed by atoms with E-state index in [1.54, 1.807) is 19.1 Å². The van der Waals surface area contributed by atoms with Crippen molar-refractivity contribution >= 4 is 44.8 Å². The Morgan fingerprint density at radius 1 is 1.15 bits per heavy atom. The van der Waals surface area contributed by atoms with Crippen molar-refractivity contribution in [3.63, 3.8) is 0 Å². The van der Waals surface area contributed by atoms with Crippen LogP contribution in [0.3, 0.4) is 0 Å². The molecule has 0 saturated carbocycles. The number of hydrogen-bond donors (Lipinski definition) is 2. The van der Waals surface area contributed by atoms with Crippen LogP contribution in [0.25, 0.3) is 0 Å². The number of rotatable bonds is 6. The highest BCUT2D eigenvalue weighted by molar-refractivity contribution is 7.89. The van der Waals surface area contributed by atoms with Crippen molar-refractivity contribution in [1.82, 2.24) is 4.90 Å². The predicted molar refractivity (Wildman–Crippen MR) is 104 cm³/mol. The molecule has 0 fully saturated rings. The summed E-state index contributed by atoms with van der Waals surface area (Å²) in [5, 5.41) is 8.74. The largest absolute Gasteiger partial charge is 0.325 e. The summed E-state index contributed by atoms with van der Waals surface area (Å²) >= 11 is 11.9. The third-order valence-corrected chi connectivity index (χ3v) is 5.58. The van der Waals surface area contributed by atoms with Gasteiger partial charge in [0.05, 0.1) is 21.0 Å². The first kappa shape index (κ1) is 20.7. The molecule has 6 nitrogen and oxygen atoms in total. The van der Waals surface area contributed by atoms with E-state index < -0.39 is 16.1 Å². The third kappa shape index (κ3) is 5.43. The lowest BCUT2D eigenvalue weighted by atomic mass is 10.2. The molecule has 2 aromatic rings. The molecule has 2 rings (SSSR count). The molecule has 9 heteroatoms. The summed E-state index contributed by atoms with van der Waals surface area (Å²) in [6, 6.07) is 10.6. The minimum absolute atomic E-state index is 0.0136. The van der Waals surface area contributed by atoms with Gasteiger partial charge >= 0.3 is 0 Å². The van der Waals surface area contributed by atoms with Gasteiger partial charge in [-0.25, -0.2) is 13.6 Å². The number of nitrogens with two attached hydrogens (primary N) is 1. The van der Waals surface area contributed by atoms with Crippen molar-refractivity contribution in [2.45, 2.75) is 24.4 Å². The molecule has 0 bridgehead atoms. The maximum atomic E-state index is 12.4. The molecule has 0 saturated heterocycles. The van der Waals surface area contributed by atoms with E-state index in [0.29, 0.717) is 22.3 Å². The van der Waals surface area contributed by atoms with Crippen LogP contribution in [0, 0.1) is 0 Å². The smallest absolute Gasteiger partial charge is 0.241 e. The van der Waals surface area contributed by atoms with E-state index in [1.165, 1.54) is 24.3 Å². The number of sulfonamides is 1. The molecule has 140 valence electrons. The first-order valence-electron chi connectivity index (χ1n) is 7.66. The van der Waals surface area contributed by atoms with E-state index in [4.69, 9.17) is 28.3 Å². The average Bonchev–Trinajstić information content (AvgIpc) is 2.57. The lowest BCUT2D eigenvalue weighted by Gasteiger charge is -2.24. The number of carbonyl (C=O) groups excluding carboxylic acids is 1. The summed E-state index contributed by atoms with van der Waals surface area (Å²) in [6.07, 6.45) is 0. The van der Waals surface area contributed by atoms with Gasteiger partial charge in [-0.3, -0.25) is 9.69 Å². The van der Waals surface area contributed by atoms with Gasteiger partial charge in [-0.05, 0) is 55.9 Å². The zero-order valence-corrected chi connectivity index (χ0v) is 16.6. The van der Waals surface area contributed by atoms with Crippen LogP contribution in [0.15, 0.2) is 47.4 Å². The second-order valence-corrected chi connectivity index (χ2v) is 8.27. The van der Waals surface area contributed by atoms with Gasteiger partial charge < -0.3 is 5.32 Å². The van der Waals surface area contributed by atoms with Gasteiger partial charge in [-0.15, -0.1) is 0 Å². The van der Waals surface area contributed by atoms with Crippen molar-refractivity contribution in [3.05, 3.63) is 58.1 Å². The molecule has 26 heavy (non-hydrogen) atoms. The Hall–Kier alpha value is -1.64. The number of nitrogens with zero attached hydrogens (tertiary/aromatic N) is 1. The summed E-state index contributed by atoms with van der Waals surface area (Å²) in [6.45, 7) is 2.28. The highest BCUT2D eigenvalue weighted by Crippen LogP contribution is 2.23. The average molecular weight is 416 g/mol. The molecule has 3 N–H and O–H groups in total. The number of anilines is 1. The molecule has 1 atom stereocenters. The minimum atomic E-state index is -3.76. The molecule has 0 unspecified atom stereocenters. The van der Waals surface area contributed by atoms with Crippen LogP contribution in [0.4, 0.5) is 5.69 Å². The summed E-state index contributed by atoms with van der Waals surface area (Å²) in [7, 11) is -1.94. The van der Waals surface area contributed by atoms with Crippen LogP contribution >= 0.6 is 23.2 Å².